The Hall–Kier alpha value is -2.53. The normalized spacial score (nSPS) is 15.7. The third-order valence-electron chi connectivity index (χ3n) is 4.69. The fraction of sp³-hybridized carbons (Fsp3) is 0.222. The van der Waals surface area contributed by atoms with Crippen molar-refractivity contribution in [2.75, 3.05) is 31.1 Å². The van der Waals surface area contributed by atoms with Crippen LogP contribution in [0.2, 0.25) is 0 Å². The molecule has 10 heteroatoms. The van der Waals surface area contributed by atoms with E-state index in [1.54, 1.807) is 17.6 Å². The van der Waals surface area contributed by atoms with E-state index in [0.717, 1.165) is 22.1 Å². The van der Waals surface area contributed by atoms with Gasteiger partial charge < -0.3 is 4.90 Å². The Kier molecular flexibility index (Phi) is 5.02. The van der Waals surface area contributed by atoms with E-state index in [1.165, 1.54) is 10.5 Å². The number of nitrogens with one attached hydrogen (secondary N) is 1. The first kappa shape index (κ1) is 18.8. The number of carbonyl (C=O) groups is 1. The van der Waals surface area contributed by atoms with E-state index in [0.29, 0.717) is 36.2 Å². The summed E-state index contributed by atoms with van der Waals surface area (Å²) in [5.74, 6) is -0.610. The van der Waals surface area contributed by atoms with Gasteiger partial charge in [-0.25, -0.2) is 18.9 Å². The molecule has 8 nitrogen and oxygen atoms in total. The minimum atomic E-state index is -3.58. The molecule has 4 rings (SSSR count). The molecular weight excluding hydrogens is 400 g/mol. The lowest BCUT2D eigenvalue weighted by Gasteiger charge is -2.33. The van der Waals surface area contributed by atoms with Gasteiger partial charge in [0.1, 0.15) is 4.88 Å². The maximum absolute atomic E-state index is 13.0. The third kappa shape index (κ3) is 3.47. The lowest BCUT2D eigenvalue weighted by Crippen LogP contribution is -2.48. The van der Waals surface area contributed by atoms with E-state index in [4.69, 9.17) is 5.21 Å². The molecule has 1 amide bonds. The van der Waals surface area contributed by atoms with Crippen LogP contribution in [-0.4, -0.2) is 55.0 Å². The van der Waals surface area contributed by atoms with Gasteiger partial charge in [0.05, 0.1) is 11.1 Å². The summed E-state index contributed by atoms with van der Waals surface area (Å²) < 4.78 is 27.5. The Labute approximate surface area is 166 Å². The average Bonchev–Trinajstić information content (AvgIpc) is 3.23. The summed E-state index contributed by atoms with van der Waals surface area (Å²) in [6, 6.07) is 12.8. The van der Waals surface area contributed by atoms with Gasteiger partial charge in [-0.2, -0.15) is 4.31 Å². The second-order valence-corrected chi connectivity index (χ2v) is 9.30. The number of hydrogen-bond donors (Lipinski definition) is 2. The van der Waals surface area contributed by atoms with Crippen LogP contribution in [0.5, 0.6) is 0 Å². The maximum atomic E-state index is 13.0. The third-order valence-corrected chi connectivity index (χ3v) is 7.64. The molecule has 0 atom stereocenters. The Bertz CT molecular complexity index is 1120. The highest BCUT2D eigenvalue weighted by Gasteiger charge is 2.29. The molecule has 2 N–H and O–H groups in total. The van der Waals surface area contributed by atoms with Crippen LogP contribution >= 0.6 is 11.3 Å². The van der Waals surface area contributed by atoms with Gasteiger partial charge in [-0.3, -0.25) is 10.0 Å². The topological polar surface area (TPSA) is 103 Å². The van der Waals surface area contributed by atoms with Crippen LogP contribution < -0.4 is 10.4 Å². The monoisotopic (exact) mass is 418 g/mol. The van der Waals surface area contributed by atoms with Crippen molar-refractivity contribution >= 4 is 43.2 Å². The molecule has 1 aliphatic heterocycles. The standard InChI is InChI=1S/C18H18N4O4S2/c23-17(20-24)16-12-19-18(27-16)21-7-9-22(10-8-21)28(25,26)15-6-5-13-3-1-2-4-14(13)11-15/h1-6,11-12,24H,7-10H2,(H,20,23). The van der Waals surface area contributed by atoms with E-state index in [9.17, 15) is 13.2 Å². The largest absolute Gasteiger partial charge is 0.345 e. The average molecular weight is 419 g/mol. The van der Waals surface area contributed by atoms with Gasteiger partial charge in [0.15, 0.2) is 5.13 Å². The highest BCUT2D eigenvalue weighted by molar-refractivity contribution is 7.89. The van der Waals surface area contributed by atoms with Crippen LogP contribution in [0.15, 0.2) is 53.6 Å². The minimum absolute atomic E-state index is 0.288. The smallest absolute Gasteiger partial charge is 0.286 e. The molecule has 1 aromatic heterocycles. The fourth-order valence-corrected chi connectivity index (χ4v) is 5.48. The Morgan fingerprint density at radius 2 is 1.79 bits per heavy atom. The minimum Gasteiger partial charge on any atom is -0.345 e. The highest BCUT2D eigenvalue weighted by atomic mass is 32.2. The summed E-state index contributed by atoms with van der Waals surface area (Å²) in [5, 5.41) is 11.2. The van der Waals surface area contributed by atoms with Crippen LogP contribution in [-0.2, 0) is 10.0 Å². The fourth-order valence-electron chi connectivity index (χ4n) is 3.17. The number of sulfonamides is 1. The quantitative estimate of drug-likeness (QED) is 0.496. The van der Waals surface area contributed by atoms with Gasteiger partial charge in [-0.1, -0.05) is 41.7 Å². The van der Waals surface area contributed by atoms with Gasteiger partial charge >= 0.3 is 0 Å². The molecule has 3 aromatic rings. The van der Waals surface area contributed by atoms with Gasteiger partial charge in [0, 0.05) is 26.2 Å². The molecule has 0 bridgehead atoms. The number of fused-ring (bicyclic) bond motifs is 1. The van der Waals surface area contributed by atoms with E-state index in [2.05, 4.69) is 4.98 Å². The Morgan fingerprint density at radius 3 is 2.50 bits per heavy atom. The first-order valence-electron chi connectivity index (χ1n) is 8.63. The number of aromatic nitrogens is 1. The summed E-state index contributed by atoms with van der Waals surface area (Å²) in [6.07, 6.45) is 1.39. The highest BCUT2D eigenvalue weighted by Crippen LogP contribution is 2.26. The second kappa shape index (κ2) is 7.47. The van der Waals surface area contributed by atoms with Gasteiger partial charge in [-0.05, 0) is 22.9 Å². The van der Waals surface area contributed by atoms with Crippen molar-refractivity contribution in [3.63, 3.8) is 0 Å². The molecule has 0 aliphatic carbocycles. The Morgan fingerprint density at radius 1 is 1.07 bits per heavy atom. The lowest BCUT2D eigenvalue weighted by atomic mass is 10.1. The number of rotatable bonds is 4. The molecule has 1 saturated heterocycles. The van der Waals surface area contributed by atoms with Crippen LogP contribution in [0.1, 0.15) is 9.67 Å². The van der Waals surface area contributed by atoms with Gasteiger partial charge in [0.2, 0.25) is 10.0 Å². The molecule has 0 saturated carbocycles. The number of thiazole rings is 1. The number of benzene rings is 2. The first-order valence-corrected chi connectivity index (χ1v) is 10.9. The van der Waals surface area contributed by atoms with Crippen LogP contribution in [0, 0.1) is 0 Å². The zero-order chi connectivity index (χ0) is 19.7. The van der Waals surface area contributed by atoms with Crippen LogP contribution in [0.25, 0.3) is 10.8 Å². The molecule has 2 aromatic carbocycles. The van der Waals surface area contributed by atoms with E-state index in [-0.39, 0.29) is 4.90 Å². The first-order chi connectivity index (χ1) is 13.5. The van der Waals surface area contributed by atoms with Crippen molar-refractivity contribution in [3.05, 3.63) is 53.5 Å². The number of carbonyl (C=O) groups excluding carboxylic acids is 1. The van der Waals surface area contributed by atoms with Gasteiger partial charge in [0.25, 0.3) is 5.91 Å². The van der Waals surface area contributed by atoms with Crippen molar-refractivity contribution in [1.82, 2.24) is 14.8 Å². The summed E-state index contributed by atoms with van der Waals surface area (Å²) in [7, 11) is -3.58. The van der Waals surface area contributed by atoms with Crippen molar-refractivity contribution < 1.29 is 18.4 Å². The number of anilines is 1. The molecule has 0 unspecified atom stereocenters. The SMILES string of the molecule is O=C(NO)c1cnc(N2CCN(S(=O)(=O)c3ccc4ccccc4c3)CC2)s1. The predicted molar refractivity (Wildman–Crippen MR) is 106 cm³/mol. The van der Waals surface area contributed by atoms with E-state index in [1.807, 2.05) is 35.2 Å². The number of amides is 1. The zero-order valence-corrected chi connectivity index (χ0v) is 16.4. The summed E-state index contributed by atoms with van der Waals surface area (Å²) >= 11 is 1.15. The van der Waals surface area contributed by atoms with Crippen molar-refractivity contribution in [2.24, 2.45) is 0 Å². The molecule has 0 radical (unpaired) electrons. The molecule has 28 heavy (non-hydrogen) atoms. The van der Waals surface area contributed by atoms with Gasteiger partial charge in [-0.15, -0.1) is 0 Å². The molecular formula is C18H18N4O4S2. The summed E-state index contributed by atoms with van der Waals surface area (Å²) in [5.41, 5.74) is 1.58. The number of nitrogens with zero attached hydrogens (tertiary/aromatic N) is 3. The zero-order valence-electron chi connectivity index (χ0n) is 14.8. The molecule has 1 aliphatic rings. The number of piperazine rings is 1. The Balaban J connectivity index is 1.49. The maximum Gasteiger partial charge on any atom is 0.286 e. The van der Waals surface area contributed by atoms with E-state index >= 15 is 0 Å². The molecule has 0 spiro atoms. The van der Waals surface area contributed by atoms with Crippen molar-refractivity contribution in [1.29, 1.82) is 0 Å². The lowest BCUT2D eigenvalue weighted by molar-refractivity contribution is 0.0710. The molecule has 2 heterocycles. The number of hydroxylamine groups is 1. The summed E-state index contributed by atoms with van der Waals surface area (Å²) in [6.45, 7) is 1.60. The predicted octanol–water partition coefficient (Wildman–Crippen LogP) is 1.93. The number of hydrogen-bond acceptors (Lipinski definition) is 7. The molecule has 1 fully saturated rings. The van der Waals surface area contributed by atoms with Crippen molar-refractivity contribution in [2.45, 2.75) is 4.90 Å². The molecule has 146 valence electrons. The van der Waals surface area contributed by atoms with Crippen LogP contribution in [0.3, 0.4) is 0 Å². The van der Waals surface area contributed by atoms with E-state index < -0.39 is 15.9 Å². The van der Waals surface area contributed by atoms with Crippen molar-refractivity contribution in [3.8, 4) is 0 Å². The van der Waals surface area contributed by atoms with Crippen LogP contribution in [0.4, 0.5) is 5.13 Å². The second-order valence-electron chi connectivity index (χ2n) is 6.35. The summed E-state index contributed by atoms with van der Waals surface area (Å²) in [4.78, 5) is 18.2.